The van der Waals surface area contributed by atoms with Crippen LogP contribution < -0.4 is 5.32 Å². The minimum atomic E-state index is 0.194. The lowest BCUT2D eigenvalue weighted by atomic mass is 9.86. The number of aromatic nitrogens is 1. The number of para-hydroxylation sites is 1. The van der Waals surface area contributed by atoms with Crippen LogP contribution in [0.4, 0.5) is 0 Å². The maximum absolute atomic E-state index is 12.6. The van der Waals surface area contributed by atoms with Crippen molar-refractivity contribution in [3.8, 4) is 0 Å². The molecule has 29 heavy (non-hydrogen) atoms. The van der Waals surface area contributed by atoms with Crippen LogP contribution in [-0.4, -0.2) is 16.5 Å². The summed E-state index contributed by atoms with van der Waals surface area (Å²) in [4.78, 5) is 12.6. The van der Waals surface area contributed by atoms with E-state index < -0.39 is 0 Å². The van der Waals surface area contributed by atoms with Gasteiger partial charge in [0, 0.05) is 36.1 Å². The third-order valence-corrected chi connectivity index (χ3v) is 6.55. The Hall–Kier alpha value is -2.55. The molecule has 4 rings (SSSR count). The normalized spacial score (nSPS) is 19.4. The first kappa shape index (κ1) is 19.8. The lowest BCUT2D eigenvalue weighted by molar-refractivity contribution is -0.122. The smallest absolute Gasteiger partial charge is 0.220 e. The van der Waals surface area contributed by atoms with Gasteiger partial charge in [-0.1, -0.05) is 62.2 Å². The summed E-state index contributed by atoms with van der Waals surface area (Å²) in [5.41, 5.74) is 5.16. The number of benzene rings is 2. The summed E-state index contributed by atoms with van der Waals surface area (Å²) in [6.07, 6.45) is 8.49. The van der Waals surface area contributed by atoms with Crippen LogP contribution in [-0.2, 0) is 17.8 Å². The van der Waals surface area contributed by atoms with E-state index in [2.05, 4.69) is 78.5 Å². The van der Waals surface area contributed by atoms with Gasteiger partial charge in [0.2, 0.25) is 5.91 Å². The number of rotatable bonds is 6. The standard InChI is InChI=1S/C26H32N2O/c1-19-9-3-5-11-21(19)17-28-18-22(23-12-6-8-14-25(23)28)15-16-26(29)27-24-13-7-4-10-20(24)2/h3,5-6,8-9,11-12,14,18,20,24H,4,7,10,13,15-17H2,1-2H3,(H,27,29)/t20-,24+/m0/s1. The number of carbonyl (C=O) groups excluding carboxylic acids is 1. The quantitative estimate of drug-likeness (QED) is 0.584. The second-order valence-electron chi connectivity index (χ2n) is 8.66. The van der Waals surface area contributed by atoms with E-state index in [1.165, 1.54) is 46.9 Å². The molecule has 0 saturated heterocycles. The second kappa shape index (κ2) is 8.86. The van der Waals surface area contributed by atoms with Crippen LogP contribution in [0.15, 0.2) is 54.7 Å². The molecule has 1 aliphatic carbocycles. The highest BCUT2D eigenvalue weighted by atomic mass is 16.1. The summed E-state index contributed by atoms with van der Waals surface area (Å²) in [6.45, 7) is 5.29. The molecule has 3 heteroatoms. The first-order valence-corrected chi connectivity index (χ1v) is 11.0. The van der Waals surface area contributed by atoms with Crippen LogP contribution in [0, 0.1) is 12.8 Å². The molecule has 3 aromatic rings. The third-order valence-electron chi connectivity index (χ3n) is 6.55. The van der Waals surface area contributed by atoms with Crippen LogP contribution in [0.3, 0.4) is 0 Å². The summed E-state index contributed by atoms with van der Waals surface area (Å²) >= 11 is 0. The Kier molecular flexibility index (Phi) is 6.03. The lowest BCUT2D eigenvalue weighted by Gasteiger charge is -2.29. The highest BCUT2D eigenvalue weighted by Crippen LogP contribution is 2.26. The highest BCUT2D eigenvalue weighted by Gasteiger charge is 2.22. The average Bonchev–Trinajstić information content (AvgIpc) is 3.08. The van der Waals surface area contributed by atoms with Crippen molar-refractivity contribution in [1.29, 1.82) is 0 Å². The molecule has 152 valence electrons. The van der Waals surface area contributed by atoms with Crippen molar-refractivity contribution in [2.45, 2.75) is 65.0 Å². The molecule has 1 N–H and O–H groups in total. The van der Waals surface area contributed by atoms with Gasteiger partial charge in [-0.3, -0.25) is 4.79 Å². The van der Waals surface area contributed by atoms with Crippen molar-refractivity contribution in [2.75, 3.05) is 0 Å². The van der Waals surface area contributed by atoms with Gasteiger partial charge < -0.3 is 9.88 Å². The molecule has 1 aliphatic rings. The van der Waals surface area contributed by atoms with Gasteiger partial charge >= 0.3 is 0 Å². The molecule has 1 aromatic heterocycles. The fourth-order valence-corrected chi connectivity index (χ4v) is 4.68. The number of hydrogen-bond acceptors (Lipinski definition) is 1. The monoisotopic (exact) mass is 388 g/mol. The van der Waals surface area contributed by atoms with Gasteiger partial charge in [-0.15, -0.1) is 0 Å². The van der Waals surface area contributed by atoms with Crippen LogP contribution in [0.2, 0.25) is 0 Å². The molecular weight excluding hydrogens is 356 g/mol. The topological polar surface area (TPSA) is 34.0 Å². The molecule has 0 unspecified atom stereocenters. The van der Waals surface area contributed by atoms with Crippen LogP contribution in [0.25, 0.3) is 10.9 Å². The second-order valence-corrected chi connectivity index (χ2v) is 8.66. The Labute approximate surface area is 174 Å². The van der Waals surface area contributed by atoms with Crippen molar-refractivity contribution < 1.29 is 4.79 Å². The van der Waals surface area contributed by atoms with Crippen molar-refractivity contribution in [3.05, 3.63) is 71.4 Å². The van der Waals surface area contributed by atoms with Gasteiger partial charge in [0.05, 0.1) is 0 Å². The van der Waals surface area contributed by atoms with Gasteiger partial charge in [0.15, 0.2) is 0 Å². The Morgan fingerprint density at radius 1 is 1.03 bits per heavy atom. The number of amides is 1. The number of aryl methyl sites for hydroxylation is 2. The predicted octanol–water partition coefficient (Wildman–Crippen LogP) is 5.63. The molecule has 1 amide bonds. The zero-order valence-corrected chi connectivity index (χ0v) is 17.7. The fourth-order valence-electron chi connectivity index (χ4n) is 4.68. The van der Waals surface area contributed by atoms with E-state index in [4.69, 9.17) is 0 Å². The van der Waals surface area contributed by atoms with E-state index in [0.29, 0.717) is 18.4 Å². The molecule has 2 atom stereocenters. The van der Waals surface area contributed by atoms with Crippen molar-refractivity contribution in [1.82, 2.24) is 9.88 Å². The molecular formula is C26H32N2O. The third kappa shape index (κ3) is 4.55. The molecule has 1 saturated carbocycles. The summed E-state index contributed by atoms with van der Waals surface area (Å²) < 4.78 is 2.33. The van der Waals surface area contributed by atoms with Crippen LogP contribution >= 0.6 is 0 Å². The summed E-state index contributed by atoms with van der Waals surface area (Å²) in [5.74, 6) is 0.795. The minimum Gasteiger partial charge on any atom is -0.353 e. The molecule has 0 radical (unpaired) electrons. The number of fused-ring (bicyclic) bond motifs is 1. The number of nitrogens with zero attached hydrogens (tertiary/aromatic N) is 1. The van der Waals surface area contributed by atoms with Crippen LogP contribution in [0.1, 0.15) is 55.7 Å². The predicted molar refractivity (Wildman–Crippen MR) is 120 cm³/mol. The van der Waals surface area contributed by atoms with E-state index in [1.54, 1.807) is 0 Å². The SMILES string of the molecule is Cc1ccccc1Cn1cc(CCC(=O)N[C@@H]2CCCC[C@@H]2C)c2ccccc21. The molecule has 0 bridgehead atoms. The zero-order chi connectivity index (χ0) is 20.2. The largest absolute Gasteiger partial charge is 0.353 e. The lowest BCUT2D eigenvalue weighted by Crippen LogP contribution is -2.41. The Bertz CT molecular complexity index is 987. The van der Waals surface area contributed by atoms with E-state index in [-0.39, 0.29) is 5.91 Å². The van der Waals surface area contributed by atoms with Crippen molar-refractivity contribution in [2.24, 2.45) is 5.92 Å². The van der Waals surface area contributed by atoms with Crippen LogP contribution in [0.5, 0.6) is 0 Å². The maximum Gasteiger partial charge on any atom is 0.220 e. The van der Waals surface area contributed by atoms with E-state index in [9.17, 15) is 4.79 Å². The molecule has 0 spiro atoms. The Balaban J connectivity index is 1.48. The average molecular weight is 389 g/mol. The maximum atomic E-state index is 12.6. The van der Waals surface area contributed by atoms with E-state index in [1.807, 2.05) is 0 Å². The van der Waals surface area contributed by atoms with Gasteiger partial charge in [-0.25, -0.2) is 0 Å². The molecule has 2 aromatic carbocycles. The van der Waals surface area contributed by atoms with Crippen molar-refractivity contribution in [3.63, 3.8) is 0 Å². The Morgan fingerprint density at radius 2 is 1.79 bits per heavy atom. The zero-order valence-electron chi connectivity index (χ0n) is 17.7. The number of hydrogen-bond donors (Lipinski definition) is 1. The summed E-state index contributed by atoms with van der Waals surface area (Å²) in [5, 5.41) is 4.56. The van der Waals surface area contributed by atoms with Gasteiger partial charge in [0.25, 0.3) is 0 Å². The van der Waals surface area contributed by atoms with E-state index >= 15 is 0 Å². The first-order valence-electron chi connectivity index (χ1n) is 11.0. The molecule has 3 nitrogen and oxygen atoms in total. The molecule has 0 aliphatic heterocycles. The van der Waals surface area contributed by atoms with Gasteiger partial charge in [-0.05, 0) is 54.9 Å². The van der Waals surface area contributed by atoms with Crippen molar-refractivity contribution >= 4 is 16.8 Å². The summed E-state index contributed by atoms with van der Waals surface area (Å²) in [7, 11) is 0. The highest BCUT2D eigenvalue weighted by molar-refractivity contribution is 5.85. The van der Waals surface area contributed by atoms with Gasteiger partial charge in [0.1, 0.15) is 0 Å². The van der Waals surface area contributed by atoms with E-state index in [0.717, 1.165) is 19.4 Å². The van der Waals surface area contributed by atoms with Gasteiger partial charge in [-0.2, -0.15) is 0 Å². The number of nitrogens with one attached hydrogen (secondary N) is 1. The molecule has 1 heterocycles. The first-order chi connectivity index (χ1) is 14.1. The minimum absolute atomic E-state index is 0.194. The fraction of sp³-hybridized carbons (Fsp3) is 0.423. The summed E-state index contributed by atoms with van der Waals surface area (Å²) in [6, 6.07) is 17.5. The number of carbonyl (C=O) groups is 1. The Morgan fingerprint density at radius 3 is 2.62 bits per heavy atom. The molecule has 1 fully saturated rings.